The lowest BCUT2D eigenvalue weighted by Gasteiger charge is -2.36. The fraction of sp³-hybridized carbons (Fsp3) is 0.533. The molecule has 1 aliphatic carbocycles. The molecule has 3 rings (SSSR count). The normalized spacial score (nSPS) is 25.5. The molecule has 2 fully saturated rings. The molecule has 1 aromatic rings. The molecule has 1 aliphatic heterocycles. The van der Waals surface area contributed by atoms with Crippen molar-refractivity contribution < 1.29 is 14.4 Å². The van der Waals surface area contributed by atoms with Crippen LogP contribution in [0.4, 0.5) is 4.79 Å². The van der Waals surface area contributed by atoms with Gasteiger partial charge in [-0.15, -0.1) is 11.3 Å². The molecule has 7 heteroatoms. The second-order valence-electron chi connectivity index (χ2n) is 5.60. The van der Waals surface area contributed by atoms with Crippen LogP contribution in [0.25, 0.3) is 0 Å². The summed E-state index contributed by atoms with van der Waals surface area (Å²) in [4.78, 5) is 38.5. The fourth-order valence-electron chi connectivity index (χ4n) is 3.10. The average Bonchev–Trinajstić information content (AvgIpc) is 3.10. The first-order chi connectivity index (χ1) is 10.6. The summed E-state index contributed by atoms with van der Waals surface area (Å²) in [6, 6.07) is 3.56. The minimum absolute atomic E-state index is 0.0360. The van der Waals surface area contributed by atoms with Crippen LogP contribution >= 0.6 is 23.1 Å². The molecular formula is C15H18N2O3S2. The van der Waals surface area contributed by atoms with Gasteiger partial charge in [-0.25, -0.2) is 0 Å². The van der Waals surface area contributed by atoms with E-state index in [2.05, 4.69) is 5.32 Å². The lowest BCUT2D eigenvalue weighted by atomic mass is 9.89. The number of thioether (sulfide) groups is 1. The molecule has 3 amide bonds. The van der Waals surface area contributed by atoms with Crippen LogP contribution in [0.2, 0.25) is 0 Å². The van der Waals surface area contributed by atoms with Gasteiger partial charge < -0.3 is 5.32 Å². The summed E-state index contributed by atoms with van der Waals surface area (Å²) >= 11 is 2.62. The highest BCUT2D eigenvalue weighted by Crippen LogP contribution is 2.30. The lowest BCUT2D eigenvalue weighted by molar-refractivity contribution is -0.129. The van der Waals surface area contributed by atoms with E-state index in [0.717, 1.165) is 42.3 Å². The highest BCUT2D eigenvalue weighted by atomic mass is 32.2. The summed E-state index contributed by atoms with van der Waals surface area (Å²) in [6.45, 7) is 0. The molecule has 0 radical (unpaired) electrons. The van der Waals surface area contributed by atoms with Crippen molar-refractivity contribution in [2.24, 2.45) is 0 Å². The van der Waals surface area contributed by atoms with E-state index < -0.39 is 0 Å². The largest absolute Gasteiger partial charge is 0.351 e. The van der Waals surface area contributed by atoms with Crippen LogP contribution in [-0.2, 0) is 16.0 Å². The van der Waals surface area contributed by atoms with Gasteiger partial charge in [-0.2, -0.15) is 0 Å². The van der Waals surface area contributed by atoms with Crippen LogP contribution in [-0.4, -0.2) is 39.8 Å². The first-order valence-electron chi connectivity index (χ1n) is 7.45. The molecule has 1 aromatic heterocycles. The zero-order chi connectivity index (χ0) is 15.5. The topological polar surface area (TPSA) is 66.5 Å². The van der Waals surface area contributed by atoms with Gasteiger partial charge in [0.05, 0.1) is 18.2 Å². The minimum atomic E-state index is -0.184. The van der Waals surface area contributed by atoms with Gasteiger partial charge in [0, 0.05) is 10.9 Å². The summed E-state index contributed by atoms with van der Waals surface area (Å²) in [6.07, 6.45) is 3.97. The molecule has 0 bridgehead atoms. The van der Waals surface area contributed by atoms with Crippen molar-refractivity contribution in [2.75, 3.05) is 5.75 Å². The van der Waals surface area contributed by atoms with E-state index in [9.17, 15) is 14.4 Å². The third-order valence-electron chi connectivity index (χ3n) is 4.11. The monoisotopic (exact) mass is 338 g/mol. The first-order valence-corrected chi connectivity index (χ1v) is 9.32. The Morgan fingerprint density at radius 1 is 1.32 bits per heavy atom. The number of carbonyl (C=O) groups is 3. The van der Waals surface area contributed by atoms with Gasteiger partial charge in [0.1, 0.15) is 0 Å². The standard InChI is InChI=1S/C15H18N2O3S2/c18-13(8-10-4-3-7-21-10)16-11-5-1-2-6-12(11)17-14(19)9-22-15(17)20/h3-4,7,11-12H,1-2,5-6,8-9H2,(H,16,18). The van der Waals surface area contributed by atoms with Gasteiger partial charge in [0.25, 0.3) is 5.24 Å². The van der Waals surface area contributed by atoms with E-state index in [1.54, 1.807) is 11.3 Å². The van der Waals surface area contributed by atoms with E-state index in [1.165, 1.54) is 4.90 Å². The van der Waals surface area contributed by atoms with E-state index in [0.29, 0.717) is 6.42 Å². The molecule has 5 nitrogen and oxygen atoms in total. The molecule has 118 valence electrons. The van der Waals surface area contributed by atoms with Gasteiger partial charge in [0.2, 0.25) is 11.8 Å². The molecule has 0 spiro atoms. The van der Waals surface area contributed by atoms with Gasteiger partial charge in [-0.3, -0.25) is 19.3 Å². The Morgan fingerprint density at radius 2 is 2.14 bits per heavy atom. The van der Waals surface area contributed by atoms with Crippen LogP contribution in [0.5, 0.6) is 0 Å². The van der Waals surface area contributed by atoms with Gasteiger partial charge in [0.15, 0.2) is 0 Å². The van der Waals surface area contributed by atoms with E-state index in [4.69, 9.17) is 0 Å². The molecule has 2 aliphatic rings. The van der Waals surface area contributed by atoms with Gasteiger partial charge >= 0.3 is 0 Å². The predicted octanol–water partition coefficient (Wildman–Crippen LogP) is 2.41. The number of amides is 3. The third kappa shape index (κ3) is 3.35. The number of thiophene rings is 1. The number of hydrogen-bond acceptors (Lipinski definition) is 5. The van der Waals surface area contributed by atoms with Crippen molar-refractivity contribution in [1.82, 2.24) is 10.2 Å². The quantitative estimate of drug-likeness (QED) is 0.915. The highest BCUT2D eigenvalue weighted by molar-refractivity contribution is 8.14. The van der Waals surface area contributed by atoms with Crippen molar-refractivity contribution in [3.63, 3.8) is 0 Å². The van der Waals surface area contributed by atoms with Crippen LogP contribution in [0.3, 0.4) is 0 Å². The number of rotatable bonds is 4. The third-order valence-corrected chi connectivity index (χ3v) is 5.82. The second kappa shape index (κ2) is 6.83. The van der Waals surface area contributed by atoms with Crippen LogP contribution in [0.15, 0.2) is 17.5 Å². The molecule has 2 atom stereocenters. The van der Waals surface area contributed by atoms with Crippen LogP contribution < -0.4 is 5.32 Å². The molecule has 2 heterocycles. The van der Waals surface area contributed by atoms with Crippen molar-refractivity contribution >= 4 is 40.2 Å². The number of imide groups is 1. The summed E-state index contributed by atoms with van der Waals surface area (Å²) < 4.78 is 0. The Balaban J connectivity index is 1.66. The second-order valence-corrected chi connectivity index (χ2v) is 7.56. The fourth-order valence-corrected chi connectivity index (χ4v) is 4.57. The Morgan fingerprint density at radius 3 is 2.82 bits per heavy atom. The van der Waals surface area contributed by atoms with Crippen molar-refractivity contribution in [1.29, 1.82) is 0 Å². The first kappa shape index (κ1) is 15.6. The maximum Gasteiger partial charge on any atom is 0.289 e. The molecule has 0 aromatic carbocycles. The minimum Gasteiger partial charge on any atom is -0.351 e. The maximum absolute atomic E-state index is 12.2. The van der Waals surface area contributed by atoms with Crippen LogP contribution in [0, 0.1) is 0 Å². The SMILES string of the molecule is O=C(Cc1cccs1)NC1CCCCC1N1C(=O)CSC1=O. The Kier molecular flexibility index (Phi) is 4.83. The van der Waals surface area contributed by atoms with Crippen molar-refractivity contribution in [3.05, 3.63) is 22.4 Å². The van der Waals surface area contributed by atoms with Crippen molar-refractivity contribution in [2.45, 2.75) is 44.2 Å². The highest BCUT2D eigenvalue weighted by Gasteiger charge is 2.41. The lowest BCUT2D eigenvalue weighted by Crippen LogP contribution is -2.54. The Labute approximate surface area is 137 Å². The zero-order valence-electron chi connectivity index (χ0n) is 12.1. The summed E-state index contributed by atoms with van der Waals surface area (Å²) in [5.41, 5.74) is 0. The Bertz CT molecular complexity index is 557. The zero-order valence-corrected chi connectivity index (χ0v) is 13.8. The average molecular weight is 338 g/mol. The summed E-state index contributed by atoms with van der Waals surface area (Å²) in [5.74, 6) is 0.0658. The van der Waals surface area contributed by atoms with Gasteiger partial charge in [-0.1, -0.05) is 30.7 Å². The number of hydrogen-bond donors (Lipinski definition) is 1. The molecule has 1 saturated heterocycles. The van der Waals surface area contributed by atoms with Crippen molar-refractivity contribution in [3.8, 4) is 0 Å². The van der Waals surface area contributed by atoms with E-state index >= 15 is 0 Å². The van der Waals surface area contributed by atoms with Crippen LogP contribution in [0.1, 0.15) is 30.6 Å². The van der Waals surface area contributed by atoms with E-state index in [-0.39, 0.29) is 34.9 Å². The number of nitrogens with zero attached hydrogens (tertiary/aromatic N) is 1. The molecular weight excluding hydrogens is 320 g/mol. The molecule has 1 N–H and O–H groups in total. The maximum atomic E-state index is 12.2. The molecule has 1 saturated carbocycles. The molecule has 22 heavy (non-hydrogen) atoms. The summed E-state index contributed by atoms with van der Waals surface area (Å²) in [7, 11) is 0. The summed E-state index contributed by atoms with van der Waals surface area (Å²) in [5, 5.41) is 4.81. The Hall–Kier alpha value is -1.34. The number of nitrogens with one attached hydrogen (secondary N) is 1. The smallest absolute Gasteiger partial charge is 0.289 e. The molecule has 2 unspecified atom stereocenters. The van der Waals surface area contributed by atoms with E-state index in [1.807, 2.05) is 17.5 Å². The predicted molar refractivity (Wildman–Crippen MR) is 86.9 cm³/mol. The van der Waals surface area contributed by atoms with Gasteiger partial charge in [-0.05, 0) is 24.3 Å². The number of carbonyl (C=O) groups excluding carboxylic acids is 3.